The lowest BCUT2D eigenvalue weighted by Crippen LogP contribution is -2.33. The summed E-state index contributed by atoms with van der Waals surface area (Å²) < 4.78 is 26.5. The normalized spacial score (nSPS) is 26.0. The molecule has 5 nitrogen and oxygen atoms in total. The predicted octanol–water partition coefficient (Wildman–Crippen LogP) is 1.55. The Bertz CT molecular complexity index is 630. The third-order valence-corrected chi connectivity index (χ3v) is 6.26. The van der Waals surface area contributed by atoms with Crippen LogP contribution in [0.5, 0.6) is 0 Å². The molecule has 1 aromatic carbocycles. The molecule has 3 rings (SSSR count). The SMILES string of the molecule is CNS(=O)(=O)c1cc(NC2CCN3CCCC23)ccc1C. The van der Waals surface area contributed by atoms with Crippen molar-refractivity contribution in [2.24, 2.45) is 0 Å². The maximum absolute atomic E-state index is 12.0. The topological polar surface area (TPSA) is 61.4 Å². The molecule has 0 aliphatic carbocycles. The molecule has 2 atom stereocenters. The van der Waals surface area contributed by atoms with Crippen molar-refractivity contribution in [1.82, 2.24) is 9.62 Å². The fourth-order valence-electron chi connectivity index (χ4n) is 3.55. The molecule has 2 aliphatic rings. The zero-order valence-electron chi connectivity index (χ0n) is 12.6. The molecular weight excluding hydrogens is 286 g/mol. The molecule has 0 aromatic heterocycles. The summed E-state index contributed by atoms with van der Waals surface area (Å²) >= 11 is 0. The number of nitrogens with one attached hydrogen (secondary N) is 2. The number of benzene rings is 1. The van der Waals surface area contributed by atoms with Gasteiger partial charge in [-0.25, -0.2) is 13.1 Å². The molecule has 0 bridgehead atoms. The van der Waals surface area contributed by atoms with E-state index in [-0.39, 0.29) is 0 Å². The lowest BCUT2D eigenvalue weighted by molar-refractivity contribution is 0.318. The summed E-state index contributed by atoms with van der Waals surface area (Å²) in [5.41, 5.74) is 1.66. The quantitative estimate of drug-likeness (QED) is 0.886. The van der Waals surface area contributed by atoms with Crippen LogP contribution in [0, 0.1) is 6.92 Å². The minimum Gasteiger partial charge on any atom is -0.381 e. The van der Waals surface area contributed by atoms with E-state index in [1.54, 1.807) is 6.07 Å². The fourth-order valence-corrected chi connectivity index (χ4v) is 4.55. The van der Waals surface area contributed by atoms with E-state index in [1.165, 1.54) is 26.4 Å². The Balaban J connectivity index is 1.82. The number of hydrogen-bond acceptors (Lipinski definition) is 4. The van der Waals surface area contributed by atoms with Crippen molar-refractivity contribution in [3.63, 3.8) is 0 Å². The second kappa shape index (κ2) is 5.59. The number of hydrogen-bond donors (Lipinski definition) is 2. The lowest BCUT2D eigenvalue weighted by atomic mass is 10.1. The summed E-state index contributed by atoms with van der Waals surface area (Å²) in [6.07, 6.45) is 3.65. The summed E-state index contributed by atoms with van der Waals surface area (Å²) in [6.45, 7) is 4.17. The minimum absolute atomic E-state index is 0.358. The lowest BCUT2D eigenvalue weighted by Gasteiger charge is -2.22. The Kier molecular flexibility index (Phi) is 3.94. The number of aryl methyl sites for hydroxylation is 1. The summed E-state index contributed by atoms with van der Waals surface area (Å²) in [5.74, 6) is 0. The molecule has 0 spiro atoms. The first-order chi connectivity index (χ1) is 10.0. The highest BCUT2D eigenvalue weighted by atomic mass is 32.2. The molecule has 2 fully saturated rings. The molecule has 0 radical (unpaired) electrons. The number of anilines is 1. The smallest absolute Gasteiger partial charge is 0.240 e. The molecule has 2 unspecified atom stereocenters. The van der Waals surface area contributed by atoms with Crippen LogP contribution in [-0.4, -0.2) is 45.5 Å². The maximum atomic E-state index is 12.0. The van der Waals surface area contributed by atoms with Gasteiger partial charge in [-0.3, -0.25) is 4.90 Å². The van der Waals surface area contributed by atoms with Crippen LogP contribution < -0.4 is 10.0 Å². The molecule has 2 aliphatic heterocycles. The van der Waals surface area contributed by atoms with E-state index in [0.29, 0.717) is 17.0 Å². The van der Waals surface area contributed by atoms with Gasteiger partial charge in [-0.05, 0) is 57.5 Å². The third-order valence-electron chi connectivity index (χ3n) is 4.70. The van der Waals surface area contributed by atoms with Crippen LogP contribution in [0.4, 0.5) is 5.69 Å². The van der Waals surface area contributed by atoms with E-state index in [2.05, 4.69) is 14.9 Å². The summed E-state index contributed by atoms with van der Waals surface area (Å²) in [6, 6.07) is 6.63. The van der Waals surface area contributed by atoms with Gasteiger partial charge in [0, 0.05) is 24.3 Å². The first-order valence-electron chi connectivity index (χ1n) is 7.56. The monoisotopic (exact) mass is 309 g/mol. The Morgan fingerprint density at radius 3 is 2.81 bits per heavy atom. The molecule has 2 saturated heterocycles. The Morgan fingerprint density at radius 2 is 2.05 bits per heavy atom. The number of fused-ring (bicyclic) bond motifs is 1. The maximum Gasteiger partial charge on any atom is 0.240 e. The predicted molar refractivity (Wildman–Crippen MR) is 84.0 cm³/mol. The number of nitrogens with zero attached hydrogens (tertiary/aromatic N) is 1. The highest BCUT2D eigenvalue weighted by molar-refractivity contribution is 7.89. The van der Waals surface area contributed by atoms with Crippen LogP contribution in [0.2, 0.25) is 0 Å². The zero-order valence-corrected chi connectivity index (χ0v) is 13.4. The first kappa shape index (κ1) is 14.8. The van der Waals surface area contributed by atoms with Crippen molar-refractivity contribution in [3.8, 4) is 0 Å². The van der Waals surface area contributed by atoms with Crippen molar-refractivity contribution in [2.45, 2.75) is 43.2 Å². The van der Waals surface area contributed by atoms with Crippen LogP contribution >= 0.6 is 0 Å². The standard InChI is InChI=1S/C15H23N3O2S/c1-11-5-6-12(10-15(11)21(19,20)16-2)17-13-7-9-18-8-3-4-14(13)18/h5-6,10,13-14,16-17H,3-4,7-9H2,1-2H3. The van der Waals surface area contributed by atoms with Gasteiger partial charge in [0.1, 0.15) is 0 Å². The molecule has 116 valence electrons. The molecular formula is C15H23N3O2S. The van der Waals surface area contributed by atoms with Gasteiger partial charge in [0.2, 0.25) is 10.0 Å². The van der Waals surface area contributed by atoms with Crippen LogP contribution in [0.15, 0.2) is 23.1 Å². The summed E-state index contributed by atoms with van der Waals surface area (Å²) in [7, 11) is -1.96. The van der Waals surface area contributed by atoms with Crippen molar-refractivity contribution in [1.29, 1.82) is 0 Å². The van der Waals surface area contributed by atoms with Gasteiger partial charge in [0.05, 0.1) is 4.90 Å². The average Bonchev–Trinajstić information content (AvgIpc) is 3.05. The highest BCUT2D eigenvalue weighted by Crippen LogP contribution is 2.30. The summed E-state index contributed by atoms with van der Waals surface area (Å²) in [4.78, 5) is 2.90. The molecule has 2 N–H and O–H groups in total. The van der Waals surface area contributed by atoms with E-state index in [0.717, 1.165) is 24.2 Å². The van der Waals surface area contributed by atoms with Crippen LogP contribution in [-0.2, 0) is 10.0 Å². The van der Waals surface area contributed by atoms with Gasteiger partial charge in [0.15, 0.2) is 0 Å². The van der Waals surface area contributed by atoms with Crippen molar-refractivity contribution >= 4 is 15.7 Å². The van der Waals surface area contributed by atoms with E-state index in [1.807, 2.05) is 19.1 Å². The first-order valence-corrected chi connectivity index (χ1v) is 9.04. The second-order valence-corrected chi connectivity index (χ2v) is 7.83. The molecule has 6 heteroatoms. The number of rotatable bonds is 4. The Labute approximate surface area is 126 Å². The minimum atomic E-state index is -3.40. The molecule has 2 heterocycles. The Morgan fingerprint density at radius 1 is 1.24 bits per heavy atom. The van der Waals surface area contributed by atoms with E-state index < -0.39 is 10.0 Å². The van der Waals surface area contributed by atoms with Crippen LogP contribution in [0.25, 0.3) is 0 Å². The zero-order chi connectivity index (χ0) is 15.0. The van der Waals surface area contributed by atoms with Gasteiger partial charge < -0.3 is 5.32 Å². The largest absolute Gasteiger partial charge is 0.381 e. The second-order valence-electron chi connectivity index (χ2n) is 5.97. The van der Waals surface area contributed by atoms with Gasteiger partial charge in [-0.2, -0.15) is 0 Å². The van der Waals surface area contributed by atoms with E-state index >= 15 is 0 Å². The average molecular weight is 309 g/mol. The van der Waals surface area contributed by atoms with Crippen molar-refractivity contribution < 1.29 is 8.42 Å². The molecule has 1 aromatic rings. The van der Waals surface area contributed by atoms with Crippen LogP contribution in [0.1, 0.15) is 24.8 Å². The fraction of sp³-hybridized carbons (Fsp3) is 0.600. The Hall–Kier alpha value is -1.11. The highest BCUT2D eigenvalue weighted by Gasteiger charge is 2.37. The van der Waals surface area contributed by atoms with Crippen LogP contribution in [0.3, 0.4) is 0 Å². The number of sulfonamides is 1. The van der Waals surface area contributed by atoms with E-state index in [4.69, 9.17) is 0 Å². The van der Waals surface area contributed by atoms with Gasteiger partial charge >= 0.3 is 0 Å². The molecule has 21 heavy (non-hydrogen) atoms. The summed E-state index contributed by atoms with van der Waals surface area (Å²) in [5, 5.41) is 3.54. The molecule has 0 amide bonds. The van der Waals surface area contributed by atoms with Gasteiger partial charge in [-0.1, -0.05) is 6.07 Å². The van der Waals surface area contributed by atoms with Crippen molar-refractivity contribution in [2.75, 3.05) is 25.5 Å². The van der Waals surface area contributed by atoms with Gasteiger partial charge in [-0.15, -0.1) is 0 Å². The van der Waals surface area contributed by atoms with Crippen molar-refractivity contribution in [3.05, 3.63) is 23.8 Å². The third kappa shape index (κ3) is 2.80. The molecule has 0 saturated carbocycles. The van der Waals surface area contributed by atoms with Gasteiger partial charge in [0.25, 0.3) is 0 Å². The van der Waals surface area contributed by atoms with E-state index in [9.17, 15) is 8.42 Å².